The third kappa shape index (κ3) is 4.31. The quantitative estimate of drug-likeness (QED) is 0.824. The molecular weight excluding hydrogens is 383 g/mol. The molecule has 0 spiro atoms. The van der Waals surface area contributed by atoms with Gasteiger partial charge in [0.05, 0.1) is 16.1 Å². The number of aromatic nitrogens is 2. The van der Waals surface area contributed by atoms with Crippen molar-refractivity contribution >= 4 is 29.9 Å². The second-order valence-corrected chi connectivity index (χ2v) is 8.54. The Morgan fingerprint density at radius 1 is 1.33 bits per heavy atom. The van der Waals surface area contributed by atoms with Crippen LogP contribution in [-0.4, -0.2) is 39.7 Å². The molecule has 1 aliphatic rings. The molecule has 5 nitrogen and oxygen atoms in total. The number of carbonyl (C=O) groups is 1. The number of likely N-dealkylation sites (tertiary alicyclic amines) is 1. The van der Waals surface area contributed by atoms with E-state index in [1.54, 1.807) is 0 Å². The first-order valence-corrected chi connectivity index (χ1v) is 9.46. The molecule has 2 heterocycles. The molecule has 7 heteroatoms. The molecule has 0 radical (unpaired) electrons. The van der Waals surface area contributed by atoms with Crippen molar-refractivity contribution in [2.75, 3.05) is 13.1 Å². The predicted molar refractivity (Wildman–Crippen MR) is 113 cm³/mol. The van der Waals surface area contributed by atoms with Gasteiger partial charge in [0, 0.05) is 24.3 Å². The van der Waals surface area contributed by atoms with Crippen LogP contribution in [0.4, 0.5) is 0 Å². The van der Waals surface area contributed by atoms with Crippen LogP contribution in [-0.2, 0) is 5.54 Å². The van der Waals surface area contributed by atoms with Crippen LogP contribution < -0.4 is 5.73 Å². The Labute approximate surface area is 172 Å². The predicted octanol–water partition coefficient (Wildman–Crippen LogP) is 4.19. The molecule has 1 amide bonds. The summed E-state index contributed by atoms with van der Waals surface area (Å²) >= 11 is 6.40. The Bertz CT molecular complexity index is 813. The third-order valence-corrected chi connectivity index (χ3v) is 5.35. The first-order chi connectivity index (χ1) is 12.2. The minimum Gasteiger partial charge on any atom is -0.335 e. The summed E-state index contributed by atoms with van der Waals surface area (Å²) in [5.41, 5.74) is 7.61. The molecule has 2 unspecified atom stereocenters. The van der Waals surface area contributed by atoms with E-state index in [4.69, 9.17) is 22.4 Å². The summed E-state index contributed by atoms with van der Waals surface area (Å²) in [5, 5.41) is 5.32. The van der Waals surface area contributed by atoms with Crippen molar-refractivity contribution < 1.29 is 4.79 Å². The summed E-state index contributed by atoms with van der Waals surface area (Å²) in [4.78, 5) is 15.3. The van der Waals surface area contributed by atoms with Crippen molar-refractivity contribution in [3.8, 4) is 11.3 Å². The van der Waals surface area contributed by atoms with Crippen LogP contribution in [0.15, 0.2) is 30.5 Å². The maximum Gasteiger partial charge on any atom is 0.257 e. The standard InChI is InChI=1S/C20H27ClN4O.ClH/c1-13-9-14(10-22)11-24(13)19(26)16-12-25(20(2,3)4)23-18(16)15-7-5-6-8-17(15)21;/h5-8,12-14H,9-11,22H2,1-4H3;1H. The average Bonchev–Trinajstić information content (AvgIpc) is 3.18. The lowest BCUT2D eigenvalue weighted by molar-refractivity contribution is 0.0744. The number of hydrogen-bond donors (Lipinski definition) is 1. The van der Waals surface area contributed by atoms with Gasteiger partial charge in [0.15, 0.2) is 0 Å². The summed E-state index contributed by atoms with van der Waals surface area (Å²) in [6.45, 7) is 9.57. The van der Waals surface area contributed by atoms with E-state index in [1.165, 1.54) is 0 Å². The molecule has 3 rings (SSSR count). The van der Waals surface area contributed by atoms with Crippen molar-refractivity contribution in [2.45, 2.75) is 45.7 Å². The van der Waals surface area contributed by atoms with Crippen LogP contribution in [0.3, 0.4) is 0 Å². The highest BCUT2D eigenvalue weighted by molar-refractivity contribution is 6.33. The molecule has 1 aromatic heterocycles. The molecule has 2 atom stereocenters. The van der Waals surface area contributed by atoms with Gasteiger partial charge >= 0.3 is 0 Å². The highest BCUT2D eigenvalue weighted by Crippen LogP contribution is 2.33. The second kappa shape index (κ2) is 8.21. The smallest absolute Gasteiger partial charge is 0.257 e. The number of amides is 1. The number of carbonyl (C=O) groups excluding carboxylic acids is 1. The largest absolute Gasteiger partial charge is 0.335 e. The number of halogens is 2. The van der Waals surface area contributed by atoms with E-state index < -0.39 is 0 Å². The average molecular weight is 411 g/mol. The van der Waals surface area contributed by atoms with Gasteiger partial charge in [-0.3, -0.25) is 9.48 Å². The van der Waals surface area contributed by atoms with Gasteiger partial charge in [0.25, 0.3) is 5.91 Å². The Morgan fingerprint density at radius 3 is 2.56 bits per heavy atom. The van der Waals surface area contributed by atoms with Gasteiger partial charge in [-0.15, -0.1) is 12.4 Å². The molecule has 0 saturated carbocycles. The molecule has 1 saturated heterocycles. The van der Waals surface area contributed by atoms with Crippen LogP contribution in [0, 0.1) is 5.92 Å². The lowest BCUT2D eigenvalue weighted by atomic mass is 10.1. The SMILES string of the molecule is CC1CC(CN)CN1C(=O)c1cn(C(C)(C)C)nc1-c1ccccc1Cl.Cl. The molecule has 27 heavy (non-hydrogen) atoms. The van der Waals surface area contributed by atoms with E-state index in [-0.39, 0.29) is 29.9 Å². The van der Waals surface area contributed by atoms with Crippen molar-refractivity contribution in [3.05, 3.63) is 41.0 Å². The molecule has 1 aromatic carbocycles. The number of hydrogen-bond acceptors (Lipinski definition) is 3. The van der Waals surface area contributed by atoms with Gasteiger partial charge in [0.2, 0.25) is 0 Å². The fourth-order valence-electron chi connectivity index (χ4n) is 3.48. The Hall–Kier alpha value is -1.56. The van der Waals surface area contributed by atoms with Crippen molar-refractivity contribution in [3.63, 3.8) is 0 Å². The van der Waals surface area contributed by atoms with Gasteiger partial charge in [-0.1, -0.05) is 29.8 Å². The van der Waals surface area contributed by atoms with E-state index in [0.717, 1.165) is 12.0 Å². The minimum absolute atomic E-state index is 0. The topological polar surface area (TPSA) is 64.2 Å². The van der Waals surface area contributed by atoms with Crippen molar-refractivity contribution in [2.24, 2.45) is 11.7 Å². The molecule has 2 aromatic rings. The molecule has 1 fully saturated rings. The fourth-order valence-corrected chi connectivity index (χ4v) is 3.70. The van der Waals surface area contributed by atoms with E-state index in [9.17, 15) is 4.79 Å². The summed E-state index contributed by atoms with van der Waals surface area (Å²) in [6, 6.07) is 7.69. The molecule has 2 N–H and O–H groups in total. The van der Waals surface area contributed by atoms with Crippen LogP contribution in [0.25, 0.3) is 11.3 Å². The molecule has 0 aliphatic carbocycles. The minimum atomic E-state index is -0.231. The third-order valence-electron chi connectivity index (χ3n) is 5.02. The van der Waals surface area contributed by atoms with Gasteiger partial charge < -0.3 is 10.6 Å². The summed E-state index contributed by atoms with van der Waals surface area (Å²) in [5.74, 6) is 0.356. The normalized spacial score (nSPS) is 19.9. The number of nitrogens with zero attached hydrogens (tertiary/aromatic N) is 3. The van der Waals surface area contributed by atoms with Crippen LogP contribution in [0.2, 0.25) is 5.02 Å². The summed E-state index contributed by atoms with van der Waals surface area (Å²) < 4.78 is 1.85. The van der Waals surface area contributed by atoms with E-state index in [1.807, 2.05) is 40.0 Å². The summed E-state index contributed by atoms with van der Waals surface area (Å²) in [6.07, 6.45) is 2.79. The molecule has 1 aliphatic heterocycles. The van der Waals surface area contributed by atoms with Crippen molar-refractivity contribution in [1.29, 1.82) is 0 Å². The number of rotatable bonds is 3. The van der Waals surface area contributed by atoms with Crippen molar-refractivity contribution in [1.82, 2.24) is 14.7 Å². The maximum atomic E-state index is 13.4. The highest BCUT2D eigenvalue weighted by Gasteiger charge is 2.35. The highest BCUT2D eigenvalue weighted by atomic mass is 35.5. The zero-order valence-corrected chi connectivity index (χ0v) is 17.8. The van der Waals surface area contributed by atoms with Crippen LogP contribution >= 0.6 is 24.0 Å². The van der Waals surface area contributed by atoms with Crippen LogP contribution in [0.5, 0.6) is 0 Å². The van der Waals surface area contributed by atoms with Gasteiger partial charge in [-0.05, 0) is 52.6 Å². The summed E-state index contributed by atoms with van der Waals surface area (Å²) in [7, 11) is 0. The van der Waals surface area contributed by atoms with E-state index in [2.05, 4.69) is 27.7 Å². The van der Waals surface area contributed by atoms with E-state index >= 15 is 0 Å². The molecular formula is C20H28Cl2N4O. The van der Waals surface area contributed by atoms with E-state index in [0.29, 0.717) is 35.3 Å². The van der Waals surface area contributed by atoms with Gasteiger partial charge in [-0.2, -0.15) is 5.10 Å². The van der Waals surface area contributed by atoms with Gasteiger partial charge in [0.1, 0.15) is 5.69 Å². The lowest BCUT2D eigenvalue weighted by Gasteiger charge is -2.21. The first-order valence-electron chi connectivity index (χ1n) is 9.08. The Balaban J connectivity index is 0.00000261. The van der Waals surface area contributed by atoms with Crippen LogP contribution in [0.1, 0.15) is 44.5 Å². The number of nitrogens with two attached hydrogens (primary N) is 1. The number of benzene rings is 1. The molecule has 0 bridgehead atoms. The first kappa shape index (κ1) is 21.7. The molecule has 148 valence electrons. The second-order valence-electron chi connectivity index (χ2n) is 8.13. The lowest BCUT2D eigenvalue weighted by Crippen LogP contribution is -2.34. The monoisotopic (exact) mass is 410 g/mol. The zero-order valence-electron chi connectivity index (χ0n) is 16.3. The zero-order chi connectivity index (χ0) is 19.1. The maximum absolute atomic E-state index is 13.4. The van der Waals surface area contributed by atoms with Gasteiger partial charge in [-0.25, -0.2) is 0 Å². The fraction of sp³-hybridized carbons (Fsp3) is 0.500. The Morgan fingerprint density at radius 2 is 2.00 bits per heavy atom. The Kier molecular flexibility index (Phi) is 6.61.